The van der Waals surface area contributed by atoms with Gasteiger partial charge in [0.05, 0.1) is 27.3 Å². The zero-order valence-corrected chi connectivity index (χ0v) is 19.4. The van der Waals surface area contributed by atoms with Crippen molar-refractivity contribution in [1.82, 2.24) is 4.90 Å². The molecule has 1 rings (SSSR count). The van der Waals surface area contributed by atoms with Crippen LogP contribution in [0, 0.1) is 0 Å². The number of aromatic carboxylic acids is 1. The van der Waals surface area contributed by atoms with Crippen molar-refractivity contribution in [3.63, 3.8) is 0 Å². The van der Waals surface area contributed by atoms with Crippen molar-refractivity contribution in [2.75, 3.05) is 41.0 Å². The Kier molecular flexibility index (Phi) is 14.3. The fourth-order valence-electron chi connectivity index (χ4n) is 3.53. The number of benzene rings is 1. The van der Waals surface area contributed by atoms with Crippen LogP contribution in [0.5, 0.6) is 17.2 Å². The SMILES string of the molecule is CCN(CC)CCCCCCCCc1c(C(=O)[O-])cc(OC)c(OC)c1OC.Cl. The maximum Gasteiger partial charge on any atom is 0.203 e. The Labute approximate surface area is 181 Å². The average Bonchev–Trinajstić information content (AvgIpc) is 2.71. The Balaban J connectivity index is 0.00000784. The molecular weight excluding hydrogens is 394 g/mol. The molecule has 0 N–H and O–H groups in total. The molecule has 0 fully saturated rings. The molecule has 0 aliphatic carbocycles. The topological polar surface area (TPSA) is 71.1 Å². The van der Waals surface area contributed by atoms with Crippen molar-refractivity contribution < 1.29 is 24.1 Å². The van der Waals surface area contributed by atoms with Crippen LogP contribution in [0.15, 0.2) is 6.07 Å². The Hall–Kier alpha value is -1.66. The van der Waals surface area contributed by atoms with E-state index in [-0.39, 0.29) is 18.0 Å². The second-order valence-electron chi connectivity index (χ2n) is 6.86. The van der Waals surface area contributed by atoms with Crippen LogP contribution in [-0.2, 0) is 6.42 Å². The van der Waals surface area contributed by atoms with Crippen LogP contribution in [-0.4, -0.2) is 51.8 Å². The van der Waals surface area contributed by atoms with Crippen molar-refractivity contribution in [2.24, 2.45) is 0 Å². The third-order valence-corrected chi connectivity index (χ3v) is 5.20. The van der Waals surface area contributed by atoms with Crippen LogP contribution >= 0.6 is 12.4 Å². The molecule has 0 unspecified atom stereocenters. The first-order valence-corrected chi connectivity index (χ1v) is 10.3. The highest BCUT2D eigenvalue weighted by Gasteiger charge is 2.20. The summed E-state index contributed by atoms with van der Waals surface area (Å²) in [5.41, 5.74) is 0.718. The number of hydrogen-bond donors (Lipinski definition) is 0. The molecule has 168 valence electrons. The molecule has 0 saturated carbocycles. The first kappa shape index (κ1) is 27.3. The Morgan fingerprint density at radius 2 is 1.45 bits per heavy atom. The maximum atomic E-state index is 11.6. The minimum absolute atomic E-state index is 0. The van der Waals surface area contributed by atoms with Gasteiger partial charge < -0.3 is 29.0 Å². The van der Waals surface area contributed by atoms with Gasteiger partial charge in [-0.1, -0.05) is 39.5 Å². The van der Waals surface area contributed by atoms with Gasteiger partial charge in [0.1, 0.15) is 0 Å². The number of rotatable bonds is 15. The summed E-state index contributed by atoms with van der Waals surface area (Å²) < 4.78 is 16.1. The summed E-state index contributed by atoms with van der Waals surface area (Å²) in [5.74, 6) is -0.0668. The molecule has 29 heavy (non-hydrogen) atoms. The third kappa shape index (κ3) is 8.31. The summed E-state index contributed by atoms with van der Waals surface area (Å²) in [4.78, 5) is 14.1. The van der Waals surface area contributed by atoms with Gasteiger partial charge in [-0.3, -0.25) is 0 Å². The van der Waals surface area contributed by atoms with Gasteiger partial charge in [0.25, 0.3) is 0 Å². The number of carboxylic acids is 1. The van der Waals surface area contributed by atoms with Crippen molar-refractivity contribution in [1.29, 1.82) is 0 Å². The average molecular weight is 431 g/mol. The maximum absolute atomic E-state index is 11.6. The molecule has 0 atom stereocenters. The first-order chi connectivity index (χ1) is 13.5. The normalized spacial score (nSPS) is 10.6. The number of hydrogen-bond acceptors (Lipinski definition) is 6. The Morgan fingerprint density at radius 1 is 0.897 bits per heavy atom. The summed E-state index contributed by atoms with van der Waals surface area (Å²) in [6, 6.07) is 1.46. The molecule has 0 spiro atoms. The van der Waals surface area contributed by atoms with E-state index in [0.717, 1.165) is 32.4 Å². The molecule has 0 aromatic heterocycles. The lowest BCUT2D eigenvalue weighted by Crippen LogP contribution is -2.24. The molecule has 0 aliphatic heterocycles. The molecule has 0 aliphatic rings. The molecule has 1 aromatic rings. The number of carboxylic acid groups (broad SMARTS) is 1. The lowest BCUT2D eigenvalue weighted by Gasteiger charge is -2.20. The minimum atomic E-state index is -1.23. The van der Waals surface area contributed by atoms with Crippen molar-refractivity contribution in [3.8, 4) is 17.2 Å². The summed E-state index contributed by atoms with van der Waals surface area (Å²) in [6.45, 7) is 7.80. The van der Waals surface area contributed by atoms with Gasteiger partial charge >= 0.3 is 0 Å². The molecule has 0 bridgehead atoms. The number of halogens is 1. The molecule has 0 radical (unpaired) electrons. The molecule has 0 heterocycles. The monoisotopic (exact) mass is 430 g/mol. The summed E-state index contributed by atoms with van der Waals surface area (Å²) >= 11 is 0. The zero-order valence-electron chi connectivity index (χ0n) is 18.5. The van der Waals surface area contributed by atoms with Gasteiger partial charge in [0, 0.05) is 11.1 Å². The predicted octanol–water partition coefficient (Wildman–Crippen LogP) is 3.72. The standard InChI is InChI=1S/C22H37NO5.ClH/c1-6-23(7-2)15-13-11-9-8-10-12-14-17-18(22(24)25)16-19(26-3)21(28-5)20(17)27-4;/h16H,6-15H2,1-5H3,(H,24,25);1H/p-1. The van der Waals surface area contributed by atoms with E-state index >= 15 is 0 Å². The van der Waals surface area contributed by atoms with E-state index in [1.54, 1.807) is 0 Å². The smallest absolute Gasteiger partial charge is 0.203 e. The molecular formula is C22H37ClNO5-. The Morgan fingerprint density at radius 3 is 1.93 bits per heavy atom. The highest BCUT2D eigenvalue weighted by molar-refractivity contribution is 5.90. The number of unbranched alkanes of at least 4 members (excludes halogenated alkanes) is 5. The third-order valence-electron chi connectivity index (χ3n) is 5.20. The van der Waals surface area contributed by atoms with Gasteiger partial charge in [-0.25, -0.2) is 0 Å². The van der Waals surface area contributed by atoms with Crippen LogP contribution in [0.3, 0.4) is 0 Å². The molecule has 0 amide bonds. The highest BCUT2D eigenvalue weighted by atomic mass is 35.5. The van der Waals surface area contributed by atoms with E-state index in [9.17, 15) is 9.90 Å². The molecule has 7 heteroatoms. The van der Waals surface area contributed by atoms with Gasteiger partial charge in [-0.05, 0) is 45.0 Å². The van der Waals surface area contributed by atoms with Crippen LogP contribution in [0.2, 0.25) is 0 Å². The first-order valence-electron chi connectivity index (χ1n) is 10.3. The number of ether oxygens (including phenoxy) is 3. The van der Waals surface area contributed by atoms with Gasteiger partial charge in [-0.15, -0.1) is 12.4 Å². The minimum Gasteiger partial charge on any atom is -0.545 e. The quantitative estimate of drug-likeness (QED) is 0.395. The fraction of sp³-hybridized carbons (Fsp3) is 0.682. The van der Waals surface area contributed by atoms with Crippen LogP contribution in [0.1, 0.15) is 68.3 Å². The van der Waals surface area contributed by atoms with E-state index in [0.29, 0.717) is 29.2 Å². The second-order valence-corrected chi connectivity index (χ2v) is 6.86. The van der Waals surface area contributed by atoms with E-state index in [4.69, 9.17) is 14.2 Å². The number of nitrogens with zero attached hydrogens (tertiary/aromatic N) is 1. The number of methoxy groups -OCH3 is 3. The van der Waals surface area contributed by atoms with E-state index in [1.807, 2.05) is 0 Å². The van der Waals surface area contributed by atoms with Crippen molar-refractivity contribution in [2.45, 2.75) is 58.8 Å². The van der Waals surface area contributed by atoms with Gasteiger partial charge in [0.2, 0.25) is 5.75 Å². The molecule has 0 saturated heterocycles. The van der Waals surface area contributed by atoms with Crippen LogP contribution in [0.25, 0.3) is 0 Å². The summed E-state index contributed by atoms with van der Waals surface area (Å²) in [5, 5.41) is 11.6. The Bertz CT molecular complexity index is 605. The van der Waals surface area contributed by atoms with Crippen LogP contribution < -0.4 is 19.3 Å². The van der Waals surface area contributed by atoms with Gasteiger partial charge in [0.15, 0.2) is 11.5 Å². The van der Waals surface area contributed by atoms with Crippen molar-refractivity contribution >= 4 is 18.4 Å². The lowest BCUT2D eigenvalue weighted by atomic mass is 9.98. The zero-order chi connectivity index (χ0) is 20.9. The van der Waals surface area contributed by atoms with Gasteiger partial charge in [-0.2, -0.15) is 0 Å². The summed E-state index contributed by atoms with van der Waals surface area (Å²) in [7, 11) is 4.49. The lowest BCUT2D eigenvalue weighted by molar-refractivity contribution is -0.255. The van der Waals surface area contributed by atoms with Crippen molar-refractivity contribution in [3.05, 3.63) is 17.2 Å². The fourth-order valence-corrected chi connectivity index (χ4v) is 3.53. The largest absolute Gasteiger partial charge is 0.545 e. The predicted molar refractivity (Wildman–Crippen MR) is 117 cm³/mol. The molecule has 1 aromatic carbocycles. The highest BCUT2D eigenvalue weighted by Crippen LogP contribution is 2.42. The van der Waals surface area contributed by atoms with E-state index in [1.165, 1.54) is 53.2 Å². The number of carbonyl (C=O) groups is 1. The van der Waals surface area contributed by atoms with Crippen LogP contribution in [0.4, 0.5) is 0 Å². The summed E-state index contributed by atoms with van der Waals surface area (Å²) in [6.07, 6.45) is 7.37. The molecule has 6 nitrogen and oxygen atoms in total. The second kappa shape index (κ2) is 15.2. The van der Waals surface area contributed by atoms with E-state index in [2.05, 4.69) is 18.7 Å². The van der Waals surface area contributed by atoms with E-state index < -0.39 is 5.97 Å². The number of carbonyl (C=O) groups excluding carboxylic acids is 1.